The summed E-state index contributed by atoms with van der Waals surface area (Å²) in [6.45, 7) is 4.13. The van der Waals surface area contributed by atoms with Gasteiger partial charge in [-0.25, -0.2) is 0 Å². The van der Waals surface area contributed by atoms with E-state index >= 15 is 0 Å². The Morgan fingerprint density at radius 2 is 1.90 bits per heavy atom. The minimum absolute atomic E-state index is 0.00862. The second kappa shape index (κ2) is 10.1. The van der Waals surface area contributed by atoms with Crippen LogP contribution in [0.15, 0.2) is 53.9 Å². The number of nitrogens with one attached hydrogen (secondary N) is 1. The van der Waals surface area contributed by atoms with Crippen molar-refractivity contribution in [2.45, 2.75) is 37.9 Å². The molecule has 2 heterocycles. The fourth-order valence-corrected chi connectivity index (χ4v) is 3.73. The van der Waals surface area contributed by atoms with Crippen molar-refractivity contribution in [2.24, 2.45) is 0 Å². The molecule has 0 radical (unpaired) electrons. The molecule has 152 valence electrons. The van der Waals surface area contributed by atoms with Crippen molar-refractivity contribution in [3.05, 3.63) is 48.8 Å². The number of thioether (sulfide) groups is 1. The quantitative estimate of drug-likeness (QED) is 0.540. The summed E-state index contributed by atoms with van der Waals surface area (Å²) in [5.74, 6) is 1.73. The third-order valence-electron chi connectivity index (χ3n) is 4.36. The topological polar surface area (TPSA) is 81.9 Å². The number of hydrogen-bond donors (Lipinski definition) is 1. The molecule has 0 saturated carbocycles. The Bertz CT molecular complexity index is 928. The second-order valence-electron chi connectivity index (χ2n) is 6.62. The van der Waals surface area contributed by atoms with Gasteiger partial charge < -0.3 is 10.1 Å². The molecule has 8 heteroatoms. The molecule has 1 amide bonds. The van der Waals surface area contributed by atoms with Crippen molar-refractivity contribution in [1.29, 1.82) is 0 Å². The third-order valence-corrected chi connectivity index (χ3v) is 5.29. The normalized spacial score (nSPS) is 11.8. The van der Waals surface area contributed by atoms with E-state index in [1.165, 1.54) is 11.8 Å². The summed E-state index contributed by atoms with van der Waals surface area (Å²) in [5.41, 5.74) is 1.79. The molecule has 0 spiro atoms. The maximum Gasteiger partial charge on any atom is 0.230 e. The van der Waals surface area contributed by atoms with Crippen LogP contribution in [0.5, 0.6) is 5.75 Å². The van der Waals surface area contributed by atoms with Crippen molar-refractivity contribution in [3.63, 3.8) is 0 Å². The number of nitrogens with zero attached hydrogens (tertiary/aromatic N) is 4. The van der Waals surface area contributed by atoms with Crippen LogP contribution < -0.4 is 10.1 Å². The average molecular weight is 412 g/mol. The van der Waals surface area contributed by atoms with Gasteiger partial charge in [0.25, 0.3) is 0 Å². The molecule has 2 aromatic heterocycles. The van der Waals surface area contributed by atoms with Crippen LogP contribution in [0.25, 0.3) is 17.1 Å². The van der Waals surface area contributed by atoms with Gasteiger partial charge in [-0.15, -0.1) is 10.2 Å². The molecule has 3 rings (SSSR count). The largest absolute Gasteiger partial charge is 0.497 e. The summed E-state index contributed by atoms with van der Waals surface area (Å²) in [7, 11) is 1.63. The zero-order valence-electron chi connectivity index (χ0n) is 16.8. The first-order chi connectivity index (χ1) is 14.1. The summed E-state index contributed by atoms with van der Waals surface area (Å²) in [4.78, 5) is 16.4. The molecule has 1 unspecified atom stereocenters. The lowest BCUT2D eigenvalue weighted by Gasteiger charge is -2.13. The third kappa shape index (κ3) is 5.35. The summed E-state index contributed by atoms with van der Waals surface area (Å²) in [6, 6.07) is 11.6. The van der Waals surface area contributed by atoms with Gasteiger partial charge in [0.05, 0.1) is 12.9 Å². The van der Waals surface area contributed by atoms with E-state index in [0.717, 1.165) is 29.8 Å². The standard InChI is InChI=1S/C21H25N5O2S/c1-4-5-15(2)23-19(27)14-29-21-25-24-20(16-10-12-22-13-11-16)26(21)17-6-8-18(28-3)9-7-17/h6-13,15H,4-5,14H2,1-3H3,(H,23,27). The minimum atomic E-state index is -0.00862. The Hall–Kier alpha value is -2.87. The molecule has 29 heavy (non-hydrogen) atoms. The van der Waals surface area contributed by atoms with Gasteiger partial charge in [-0.1, -0.05) is 25.1 Å². The zero-order valence-corrected chi connectivity index (χ0v) is 17.6. The number of methoxy groups -OCH3 is 1. The first kappa shape index (κ1) is 20.9. The minimum Gasteiger partial charge on any atom is -0.497 e. The van der Waals surface area contributed by atoms with E-state index in [4.69, 9.17) is 4.74 Å². The first-order valence-corrected chi connectivity index (χ1v) is 10.5. The zero-order chi connectivity index (χ0) is 20.6. The van der Waals surface area contributed by atoms with E-state index in [0.29, 0.717) is 11.0 Å². The second-order valence-corrected chi connectivity index (χ2v) is 7.56. The van der Waals surface area contributed by atoms with Crippen LogP contribution in [-0.2, 0) is 4.79 Å². The van der Waals surface area contributed by atoms with Crippen LogP contribution in [-0.4, -0.2) is 44.6 Å². The Labute approximate surface area is 174 Å². The maximum atomic E-state index is 12.3. The maximum absolute atomic E-state index is 12.3. The van der Waals surface area contributed by atoms with Gasteiger partial charge in [0, 0.05) is 29.7 Å². The van der Waals surface area contributed by atoms with Crippen LogP contribution in [0.4, 0.5) is 0 Å². The summed E-state index contributed by atoms with van der Waals surface area (Å²) < 4.78 is 7.21. The lowest BCUT2D eigenvalue weighted by atomic mass is 10.2. The highest BCUT2D eigenvalue weighted by molar-refractivity contribution is 7.99. The van der Waals surface area contributed by atoms with E-state index < -0.39 is 0 Å². The number of amides is 1. The molecule has 0 bridgehead atoms. The predicted octanol–water partition coefficient (Wildman–Crippen LogP) is 3.73. The van der Waals surface area contributed by atoms with Gasteiger partial charge in [0.1, 0.15) is 5.75 Å². The smallest absolute Gasteiger partial charge is 0.230 e. The van der Waals surface area contributed by atoms with Gasteiger partial charge in [-0.05, 0) is 49.7 Å². The van der Waals surface area contributed by atoms with Crippen LogP contribution in [0, 0.1) is 0 Å². The highest BCUT2D eigenvalue weighted by atomic mass is 32.2. The summed E-state index contributed by atoms with van der Waals surface area (Å²) in [5, 5.41) is 12.4. The van der Waals surface area contributed by atoms with Crippen LogP contribution in [0.2, 0.25) is 0 Å². The molecular formula is C21H25N5O2S. The molecule has 0 saturated heterocycles. The van der Waals surface area contributed by atoms with Crippen molar-refractivity contribution < 1.29 is 9.53 Å². The lowest BCUT2D eigenvalue weighted by Crippen LogP contribution is -2.33. The number of aromatic nitrogens is 4. The molecule has 1 atom stereocenters. The number of pyridine rings is 1. The lowest BCUT2D eigenvalue weighted by molar-refractivity contribution is -0.119. The van der Waals surface area contributed by atoms with Crippen LogP contribution in [0.1, 0.15) is 26.7 Å². The number of carbonyl (C=O) groups is 1. The highest BCUT2D eigenvalue weighted by Crippen LogP contribution is 2.28. The molecular weight excluding hydrogens is 386 g/mol. The van der Waals surface area contributed by atoms with E-state index in [1.54, 1.807) is 19.5 Å². The van der Waals surface area contributed by atoms with Gasteiger partial charge in [0.15, 0.2) is 11.0 Å². The van der Waals surface area contributed by atoms with Crippen LogP contribution >= 0.6 is 11.8 Å². The Morgan fingerprint density at radius 1 is 1.17 bits per heavy atom. The summed E-state index contributed by atoms with van der Waals surface area (Å²) >= 11 is 1.37. The van der Waals surface area contributed by atoms with E-state index in [2.05, 4.69) is 27.4 Å². The average Bonchev–Trinajstić information content (AvgIpc) is 3.17. The Kier molecular flexibility index (Phi) is 7.24. The monoisotopic (exact) mass is 411 g/mol. The Balaban J connectivity index is 1.87. The predicted molar refractivity (Wildman–Crippen MR) is 114 cm³/mol. The number of hydrogen-bond acceptors (Lipinski definition) is 6. The molecule has 1 N–H and O–H groups in total. The van der Waals surface area contributed by atoms with Crippen molar-refractivity contribution in [3.8, 4) is 22.8 Å². The number of benzene rings is 1. The molecule has 7 nitrogen and oxygen atoms in total. The number of ether oxygens (including phenoxy) is 1. The molecule has 3 aromatic rings. The highest BCUT2D eigenvalue weighted by Gasteiger charge is 2.18. The van der Waals surface area contributed by atoms with Crippen molar-refractivity contribution in [1.82, 2.24) is 25.1 Å². The van der Waals surface area contributed by atoms with Crippen molar-refractivity contribution >= 4 is 17.7 Å². The molecule has 0 aliphatic rings. The molecule has 0 aliphatic carbocycles. The summed E-state index contributed by atoms with van der Waals surface area (Å²) in [6.07, 6.45) is 5.44. The van der Waals surface area contributed by atoms with Gasteiger partial charge >= 0.3 is 0 Å². The SMILES string of the molecule is CCCC(C)NC(=O)CSc1nnc(-c2ccncc2)n1-c1ccc(OC)cc1. The molecule has 1 aromatic carbocycles. The fraction of sp³-hybridized carbons (Fsp3) is 0.333. The fourth-order valence-electron chi connectivity index (χ4n) is 2.97. The van der Waals surface area contributed by atoms with E-state index in [9.17, 15) is 4.79 Å². The van der Waals surface area contributed by atoms with E-state index in [-0.39, 0.29) is 17.7 Å². The molecule has 0 fully saturated rings. The van der Waals surface area contributed by atoms with Gasteiger partial charge in [-0.3, -0.25) is 14.3 Å². The van der Waals surface area contributed by atoms with E-state index in [1.807, 2.05) is 47.9 Å². The van der Waals surface area contributed by atoms with Gasteiger partial charge in [-0.2, -0.15) is 0 Å². The van der Waals surface area contributed by atoms with Crippen molar-refractivity contribution in [2.75, 3.05) is 12.9 Å². The number of carbonyl (C=O) groups excluding carboxylic acids is 1. The van der Waals surface area contributed by atoms with Gasteiger partial charge in [0.2, 0.25) is 5.91 Å². The molecule has 0 aliphatic heterocycles. The van der Waals surface area contributed by atoms with Crippen LogP contribution in [0.3, 0.4) is 0 Å². The Morgan fingerprint density at radius 3 is 2.55 bits per heavy atom. The number of rotatable bonds is 9. The first-order valence-electron chi connectivity index (χ1n) is 9.54.